The van der Waals surface area contributed by atoms with Gasteiger partial charge in [0.25, 0.3) is 0 Å². The molecule has 0 aliphatic heterocycles. The maximum atomic E-state index is 12.1. The third-order valence-corrected chi connectivity index (χ3v) is 3.45. The molecule has 2 N–H and O–H groups in total. The quantitative estimate of drug-likeness (QED) is 0.626. The topological polar surface area (TPSA) is 78.9 Å². The van der Waals surface area contributed by atoms with Crippen LogP contribution in [0.15, 0.2) is 54.6 Å². The van der Waals surface area contributed by atoms with Crippen molar-refractivity contribution in [3.63, 3.8) is 0 Å². The summed E-state index contributed by atoms with van der Waals surface area (Å²) in [6, 6.07) is 13.7. The van der Waals surface area contributed by atoms with E-state index in [-0.39, 0.29) is 18.2 Å². The minimum atomic E-state index is -0.396. The Bertz CT molecular complexity index is 786. The summed E-state index contributed by atoms with van der Waals surface area (Å²) in [6.45, 7) is -0.129. The molecule has 0 aromatic heterocycles. The lowest BCUT2D eigenvalue weighted by molar-refractivity contribution is -0.129. The number of rotatable bonds is 6. The molecule has 130 valence electrons. The van der Waals surface area contributed by atoms with Crippen molar-refractivity contribution in [2.45, 2.75) is 0 Å². The number of nitrogens with one attached hydrogen (secondary N) is 1. The summed E-state index contributed by atoms with van der Waals surface area (Å²) in [5.74, 6) is -0.0323. The Kier molecular flexibility index (Phi) is 6.17. The fraction of sp³-hybridized carbons (Fsp3) is 0.158. The molecule has 6 nitrogen and oxygen atoms in total. The smallest absolute Gasteiger partial charge is 0.246 e. The first-order chi connectivity index (χ1) is 12.0. The number of aromatic hydroxyl groups is 1. The van der Waals surface area contributed by atoms with Crippen molar-refractivity contribution in [3.8, 4) is 11.5 Å². The number of para-hydroxylation sites is 2. The van der Waals surface area contributed by atoms with Crippen LogP contribution in [-0.2, 0) is 9.59 Å². The Hall–Kier alpha value is -3.28. The van der Waals surface area contributed by atoms with Gasteiger partial charge in [0, 0.05) is 13.1 Å². The molecule has 2 rings (SSSR count). The largest absolute Gasteiger partial charge is 0.506 e. The Morgan fingerprint density at radius 3 is 2.68 bits per heavy atom. The molecule has 25 heavy (non-hydrogen) atoms. The lowest BCUT2D eigenvalue weighted by atomic mass is 10.2. The molecule has 0 fully saturated rings. The van der Waals surface area contributed by atoms with Crippen LogP contribution in [0.1, 0.15) is 5.56 Å². The molecule has 6 heteroatoms. The molecule has 0 heterocycles. The van der Waals surface area contributed by atoms with Gasteiger partial charge >= 0.3 is 0 Å². The average Bonchev–Trinajstić information content (AvgIpc) is 2.61. The molecule has 0 spiro atoms. The minimum Gasteiger partial charge on any atom is -0.506 e. The Morgan fingerprint density at radius 1 is 1.20 bits per heavy atom. The van der Waals surface area contributed by atoms with E-state index in [1.807, 2.05) is 18.2 Å². The number of ether oxygens (including phenoxy) is 1. The number of likely N-dealkylation sites (N-methyl/N-ethyl adjacent to an activating group) is 1. The number of carbonyl (C=O) groups excluding carboxylic acids is 2. The summed E-state index contributed by atoms with van der Waals surface area (Å²) in [5, 5.41) is 12.2. The van der Waals surface area contributed by atoms with Gasteiger partial charge in [-0.3, -0.25) is 9.59 Å². The van der Waals surface area contributed by atoms with Gasteiger partial charge in [-0.15, -0.1) is 0 Å². The Balaban J connectivity index is 1.92. The van der Waals surface area contributed by atoms with E-state index >= 15 is 0 Å². The van der Waals surface area contributed by atoms with Crippen LogP contribution in [0.4, 0.5) is 5.69 Å². The van der Waals surface area contributed by atoms with Crippen LogP contribution in [0.25, 0.3) is 6.08 Å². The van der Waals surface area contributed by atoms with E-state index in [9.17, 15) is 14.7 Å². The molecule has 2 amide bonds. The lowest BCUT2D eigenvalue weighted by Gasteiger charge is -2.15. The first kappa shape index (κ1) is 18.1. The van der Waals surface area contributed by atoms with Crippen molar-refractivity contribution >= 4 is 23.6 Å². The zero-order valence-corrected chi connectivity index (χ0v) is 14.1. The summed E-state index contributed by atoms with van der Waals surface area (Å²) in [7, 11) is 3.10. The second-order valence-corrected chi connectivity index (χ2v) is 5.37. The van der Waals surface area contributed by atoms with Crippen LogP contribution < -0.4 is 10.1 Å². The molecule has 2 aromatic carbocycles. The van der Waals surface area contributed by atoms with Crippen molar-refractivity contribution in [3.05, 3.63) is 60.2 Å². The summed E-state index contributed by atoms with van der Waals surface area (Å²) < 4.78 is 5.13. The van der Waals surface area contributed by atoms with E-state index in [1.54, 1.807) is 37.5 Å². The van der Waals surface area contributed by atoms with Gasteiger partial charge in [0.1, 0.15) is 11.5 Å². The van der Waals surface area contributed by atoms with Crippen LogP contribution in [-0.4, -0.2) is 42.5 Å². The number of hydrogen-bond donors (Lipinski definition) is 2. The molecule has 0 saturated carbocycles. The predicted octanol–water partition coefficient (Wildman–Crippen LogP) is 2.51. The molecule has 0 aliphatic carbocycles. The third kappa shape index (κ3) is 5.39. The highest BCUT2D eigenvalue weighted by Crippen LogP contribution is 2.21. The highest BCUT2D eigenvalue weighted by atomic mass is 16.5. The molecule has 0 bridgehead atoms. The number of methoxy groups -OCH3 is 1. The highest BCUT2D eigenvalue weighted by molar-refractivity contribution is 5.98. The van der Waals surface area contributed by atoms with Gasteiger partial charge in [-0.1, -0.05) is 24.3 Å². The molecule has 0 atom stereocenters. The molecule has 0 aliphatic rings. The monoisotopic (exact) mass is 340 g/mol. The highest BCUT2D eigenvalue weighted by Gasteiger charge is 2.12. The molecular weight excluding hydrogens is 320 g/mol. The van der Waals surface area contributed by atoms with Crippen molar-refractivity contribution in [1.82, 2.24) is 4.90 Å². The molecule has 2 aromatic rings. The minimum absolute atomic E-state index is 0.0252. The van der Waals surface area contributed by atoms with Crippen LogP contribution >= 0.6 is 0 Å². The number of benzene rings is 2. The van der Waals surface area contributed by atoms with Gasteiger partial charge in [0.05, 0.1) is 19.3 Å². The van der Waals surface area contributed by atoms with E-state index in [0.29, 0.717) is 11.4 Å². The van der Waals surface area contributed by atoms with Gasteiger partial charge in [-0.2, -0.15) is 0 Å². The Labute approximate surface area is 146 Å². The predicted molar refractivity (Wildman–Crippen MR) is 96.4 cm³/mol. The van der Waals surface area contributed by atoms with Crippen molar-refractivity contribution < 1.29 is 19.4 Å². The fourth-order valence-electron chi connectivity index (χ4n) is 2.10. The van der Waals surface area contributed by atoms with Crippen molar-refractivity contribution in [2.24, 2.45) is 0 Å². The van der Waals surface area contributed by atoms with E-state index in [4.69, 9.17) is 4.74 Å². The fourth-order valence-corrected chi connectivity index (χ4v) is 2.10. The van der Waals surface area contributed by atoms with Crippen LogP contribution in [0.3, 0.4) is 0 Å². The SMILES string of the molecule is COc1cccc(/C=C/C(=O)N(C)CC(=O)Nc2ccccc2O)c1. The van der Waals surface area contributed by atoms with Crippen LogP contribution in [0.2, 0.25) is 0 Å². The zero-order chi connectivity index (χ0) is 18.2. The third-order valence-electron chi connectivity index (χ3n) is 3.45. The molecule has 0 unspecified atom stereocenters. The second kappa shape index (κ2) is 8.54. The second-order valence-electron chi connectivity index (χ2n) is 5.37. The number of anilines is 1. The number of carbonyl (C=O) groups is 2. The normalized spacial score (nSPS) is 10.5. The van der Waals surface area contributed by atoms with E-state index in [0.717, 1.165) is 5.56 Å². The average molecular weight is 340 g/mol. The van der Waals surface area contributed by atoms with Crippen LogP contribution in [0.5, 0.6) is 11.5 Å². The molecular formula is C19H20N2O4. The van der Waals surface area contributed by atoms with Crippen LogP contribution in [0, 0.1) is 0 Å². The number of nitrogens with zero attached hydrogens (tertiary/aromatic N) is 1. The van der Waals surface area contributed by atoms with Gasteiger partial charge in [0.15, 0.2) is 0 Å². The lowest BCUT2D eigenvalue weighted by Crippen LogP contribution is -2.33. The number of amides is 2. The number of phenols is 1. The van der Waals surface area contributed by atoms with E-state index < -0.39 is 5.91 Å². The summed E-state index contributed by atoms with van der Waals surface area (Å²) in [4.78, 5) is 25.4. The number of hydrogen-bond acceptors (Lipinski definition) is 4. The van der Waals surface area contributed by atoms with E-state index in [1.165, 1.54) is 24.1 Å². The van der Waals surface area contributed by atoms with Crippen molar-refractivity contribution in [1.29, 1.82) is 0 Å². The van der Waals surface area contributed by atoms with Gasteiger partial charge in [-0.05, 0) is 35.9 Å². The summed E-state index contributed by atoms with van der Waals surface area (Å²) >= 11 is 0. The zero-order valence-electron chi connectivity index (χ0n) is 14.1. The van der Waals surface area contributed by atoms with Crippen molar-refractivity contribution in [2.75, 3.05) is 26.0 Å². The maximum Gasteiger partial charge on any atom is 0.246 e. The summed E-state index contributed by atoms with van der Waals surface area (Å²) in [6.07, 6.45) is 3.05. The van der Waals surface area contributed by atoms with E-state index in [2.05, 4.69) is 5.32 Å². The standard InChI is InChI=1S/C19H20N2O4/c1-21(13-18(23)20-16-8-3-4-9-17(16)22)19(24)11-10-14-6-5-7-15(12-14)25-2/h3-12,22H,13H2,1-2H3,(H,20,23)/b11-10+. The molecule has 0 radical (unpaired) electrons. The first-order valence-corrected chi connectivity index (χ1v) is 7.64. The number of phenolic OH excluding ortho intramolecular Hbond substituents is 1. The van der Waals surface area contributed by atoms with Gasteiger partial charge < -0.3 is 20.1 Å². The summed E-state index contributed by atoms with van der Waals surface area (Å²) in [5.41, 5.74) is 1.13. The Morgan fingerprint density at radius 2 is 1.96 bits per heavy atom. The van der Waals surface area contributed by atoms with Gasteiger partial charge in [0.2, 0.25) is 11.8 Å². The van der Waals surface area contributed by atoms with Gasteiger partial charge in [-0.25, -0.2) is 0 Å². The molecule has 0 saturated heterocycles. The first-order valence-electron chi connectivity index (χ1n) is 7.64. The maximum absolute atomic E-state index is 12.1.